The number of carbonyl (C=O) groups is 2. The Morgan fingerprint density at radius 1 is 0.962 bits per heavy atom. The minimum atomic E-state index is -0.360. The Kier molecular flexibility index (Phi) is 5.11. The molecule has 0 aliphatic carbocycles. The van der Waals surface area contributed by atoms with Gasteiger partial charge in [-0.1, -0.05) is 12.1 Å². The highest BCUT2D eigenvalue weighted by atomic mass is 16.3. The molecule has 2 amide bonds. The predicted molar refractivity (Wildman–Crippen MR) is 95.4 cm³/mol. The summed E-state index contributed by atoms with van der Waals surface area (Å²) in [6, 6.07) is 18.5. The Hall–Kier alpha value is -3.85. The van der Waals surface area contributed by atoms with Gasteiger partial charge in [-0.2, -0.15) is 5.26 Å². The summed E-state index contributed by atoms with van der Waals surface area (Å²) in [6.07, 6.45) is 1.53. The lowest BCUT2D eigenvalue weighted by Crippen LogP contribution is -2.24. The van der Waals surface area contributed by atoms with Crippen molar-refractivity contribution in [2.45, 2.75) is 6.54 Å². The summed E-state index contributed by atoms with van der Waals surface area (Å²) in [4.78, 5) is 24.8. The number of carbonyl (C=O) groups excluding carboxylic acids is 2. The second-order valence-corrected chi connectivity index (χ2v) is 5.45. The minimum absolute atomic E-state index is 0.254. The van der Waals surface area contributed by atoms with Gasteiger partial charge < -0.3 is 15.1 Å². The molecule has 6 heteroatoms. The van der Waals surface area contributed by atoms with Gasteiger partial charge in [-0.05, 0) is 48.5 Å². The van der Waals surface area contributed by atoms with Gasteiger partial charge in [0.15, 0.2) is 0 Å². The molecule has 0 aliphatic rings. The number of benzene rings is 2. The molecule has 1 aromatic heterocycles. The zero-order chi connectivity index (χ0) is 18.4. The van der Waals surface area contributed by atoms with E-state index < -0.39 is 0 Å². The molecule has 0 saturated carbocycles. The normalized spacial score (nSPS) is 9.96. The van der Waals surface area contributed by atoms with E-state index in [1.807, 2.05) is 6.07 Å². The fourth-order valence-electron chi connectivity index (χ4n) is 2.36. The lowest BCUT2D eigenvalue weighted by atomic mass is 10.1. The van der Waals surface area contributed by atoms with Gasteiger partial charge in [0.2, 0.25) is 0 Å². The number of nitrogens with one attached hydrogen (secondary N) is 2. The Bertz CT molecular complexity index is 955. The highest BCUT2D eigenvalue weighted by Crippen LogP contribution is 2.17. The number of nitrogens with zero attached hydrogens (tertiary/aromatic N) is 1. The molecule has 0 bridgehead atoms. The molecule has 0 radical (unpaired) electrons. The molecule has 1 heterocycles. The van der Waals surface area contributed by atoms with Crippen molar-refractivity contribution in [1.82, 2.24) is 5.32 Å². The van der Waals surface area contributed by atoms with Gasteiger partial charge in [-0.25, -0.2) is 0 Å². The molecular weight excluding hydrogens is 330 g/mol. The predicted octanol–water partition coefficient (Wildman–Crippen LogP) is 3.33. The van der Waals surface area contributed by atoms with E-state index in [0.717, 1.165) is 0 Å². The second-order valence-electron chi connectivity index (χ2n) is 5.45. The van der Waals surface area contributed by atoms with Crippen LogP contribution in [0.1, 0.15) is 32.0 Å². The average molecular weight is 345 g/mol. The Morgan fingerprint density at radius 3 is 2.42 bits per heavy atom. The van der Waals surface area contributed by atoms with E-state index in [0.29, 0.717) is 28.1 Å². The third kappa shape index (κ3) is 3.97. The van der Waals surface area contributed by atoms with E-state index in [1.54, 1.807) is 60.7 Å². The van der Waals surface area contributed by atoms with Gasteiger partial charge in [0, 0.05) is 5.56 Å². The van der Waals surface area contributed by atoms with Crippen LogP contribution in [0.5, 0.6) is 0 Å². The summed E-state index contributed by atoms with van der Waals surface area (Å²) < 4.78 is 5.18. The zero-order valence-corrected chi connectivity index (χ0v) is 13.7. The van der Waals surface area contributed by atoms with Crippen LogP contribution in [0.4, 0.5) is 5.69 Å². The van der Waals surface area contributed by atoms with Crippen LogP contribution in [0.3, 0.4) is 0 Å². The lowest BCUT2D eigenvalue weighted by Gasteiger charge is -2.11. The molecule has 0 aliphatic heterocycles. The summed E-state index contributed by atoms with van der Waals surface area (Å²) in [5, 5.41) is 14.3. The first-order valence-corrected chi connectivity index (χ1v) is 7.88. The standard InChI is InChI=1S/C20H15N3O3/c21-12-14-7-9-15(10-8-14)19(24)23-18-6-2-1-5-17(18)20(25)22-13-16-4-3-11-26-16/h1-11H,13H2,(H,22,25)(H,23,24). The van der Waals surface area contributed by atoms with Crippen molar-refractivity contribution in [3.8, 4) is 6.07 Å². The van der Waals surface area contributed by atoms with Crippen molar-refractivity contribution in [3.63, 3.8) is 0 Å². The van der Waals surface area contributed by atoms with Crippen LogP contribution in [-0.2, 0) is 6.54 Å². The van der Waals surface area contributed by atoms with Crippen molar-refractivity contribution >= 4 is 17.5 Å². The van der Waals surface area contributed by atoms with Crippen LogP contribution < -0.4 is 10.6 Å². The Morgan fingerprint density at radius 2 is 1.73 bits per heavy atom. The number of para-hydroxylation sites is 1. The number of amides is 2. The third-order valence-corrected chi connectivity index (χ3v) is 3.70. The summed E-state index contributed by atoms with van der Waals surface area (Å²) in [7, 11) is 0. The Labute approximate surface area is 150 Å². The molecular formula is C20H15N3O3. The average Bonchev–Trinajstić information content (AvgIpc) is 3.20. The van der Waals surface area contributed by atoms with Gasteiger partial charge in [0.25, 0.3) is 11.8 Å². The first kappa shape index (κ1) is 17.0. The molecule has 0 spiro atoms. The smallest absolute Gasteiger partial charge is 0.255 e. The van der Waals surface area contributed by atoms with E-state index >= 15 is 0 Å². The van der Waals surface area contributed by atoms with Crippen molar-refractivity contribution < 1.29 is 14.0 Å². The van der Waals surface area contributed by atoms with Gasteiger partial charge in [0.05, 0.1) is 35.7 Å². The SMILES string of the molecule is N#Cc1ccc(C(=O)Nc2ccccc2C(=O)NCc2ccco2)cc1. The lowest BCUT2D eigenvalue weighted by molar-refractivity contribution is 0.0949. The molecule has 2 N–H and O–H groups in total. The molecule has 0 fully saturated rings. The van der Waals surface area contributed by atoms with Crippen LogP contribution in [-0.4, -0.2) is 11.8 Å². The summed E-state index contributed by atoms with van der Waals surface area (Å²) in [5.41, 5.74) is 1.62. The number of hydrogen-bond donors (Lipinski definition) is 2. The maximum atomic E-state index is 12.4. The van der Waals surface area contributed by atoms with Crippen molar-refractivity contribution in [1.29, 1.82) is 5.26 Å². The van der Waals surface area contributed by atoms with Crippen LogP contribution in [0.15, 0.2) is 71.3 Å². The monoisotopic (exact) mass is 345 g/mol. The fourth-order valence-corrected chi connectivity index (χ4v) is 2.36. The van der Waals surface area contributed by atoms with E-state index in [2.05, 4.69) is 10.6 Å². The van der Waals surface area contributed by atoms with E-state index in [4.69, 9.17) is 9.68 Å². The first-order chi connectivity index (χ1) is 12.7. The second kappa shape index (κ2) is 7.81. The minimum Gasteiger partial charge on any atom is -0.467 e. The summed E-state index contributed by atoms with van der Waals surface area (Å²) in [6.45, 7) is 0.254. The summed E-state index contributed by atoms with van der Waals surface area (Å²) in [5.74, 6) is -0.0460. The zero-order valence-electron chi connectivity index (χ0n) is 13.7. The molecule has 0 atom stereocenters. The van der Waals surface area contributed by atoms with Gasteiger partial charge in [0.1, 0.15) is 5.76 Å². The van der Waals surface area contributed by atoms with Gasteiger partial charge in [-0.15, -0.1) is 0 Å². The quantitative estimate of drug-likeness (QED) is 0.741. The van der Waals surface area contributed by atoms with E-state index in [9.17, 15) is 9.59 Å². The number of anilines is 1. The van der Waals surface area contributed by atoms with Crippen LogP contribution >= 0.6 is 0 Å². The highest BCUT2D eigenvalue weighted by Gasteiger charge is 2.14. The van der Waals surface area contributed by atoms with Gasteiger partial charge in [-0.3, -0.25) is 9.59 Å². The molecule has 0 saturated heterocycles. The molecule has 26 heavy (non-hydrogen) atoms. The van der Waals surface area contributed by atoms with E-state index in [1.165, 1.54) is 6.26 Å². The number of hydrogen-bond acceptors (Lipinski definition) is 4. The molecule has 6 nitrogen and oxygen atoms in total. The summed E-state index contributed by atoms with van der Waals surface area (Å²) >= 11 is 0. The van der Waals surface area contributed by atoms with Crippen molar-refractivity contribution in [3.05, 3.63) is 89.4 Å². The van der Waals surface area contributed by atoms with E-state index in [-0.39, 0.29) is 18.4 Å². The van der Waals surface area contributed by atoms with Gasteiger partial charge >= 0.3 is 0 Å². The fraction of sp³-hybridized carbons (Fsp3) is 0.0500. The van der Waals surface area contributed by atoms with Crippen molar-refractivity contribution in [2.75, 3.05) is 5.32 Å². The number of furan rings is 1. The van der Waals surface area contributed by atoms with Crippen LogP contribution in [0.25, 0.3) is 0 Å². The molecule has 128 valence electrons. The molecule has 2 aromatic carbocycles. The maximum Gasteiger partial charge on any atom is 0.255 e. The number of rotatable bonds is 5. The molecule has 3 aromatic rings. The number of nitriles is 1. The molecule has 0 unspecified atom stereocenters. The third-order valence-electron chi connectivity index (χ3n) is 3.70. The maximum absolute atomic E-state index is 12.4. The Balaban J connectivity index is 1.72. The topological polar surface area (TPSA) is 95.1 Å². The largest absolute Gasteiger partial charge is 0.467 e. The van der Waals surface area contributed by atoms with Crippen LogP contribution in [0.2, 0.25) is 0 Å². The van der Waals surface area contributed by atoms with Crippen LogP contribution in [0, 0.1) is 11.3 Å². The van der Waals surface area contributed by atoms with Crippen molar-refractivity contribution in [2.24, 2.45) is 0 Å². The first-order valence-electron chi connectivity index (χ1n) is 7.88. The molecule has 3 rings (SSSR count). The highest BCUT2D eigenvalue weighted by molar-refractivity contribution is 6.09.